The minimum atomic E-state index is -0.597. The zero-order valence-electron chi connectivity index (χ0n) is 10.7. The zero-order chi connectivity index (χ0) is 13.2. The van der Waals surface area contributed by atoms with Gasteiger partial charge in [-0.2, -0.15) is 9.97 Å². The van der Waals surface area contributed by atoms with E-state index >= 15 is 0 Å². The third-order valence-corrected chi connectivity index (χ3v) is 2.73. The number of methoxy groups -OCH3 is 1. The maximum atomic E-state index is 5.73. The van der Waals surface area contributed by atoms with E-state index in [9.17, 15) is 0 Å². The number of nitrogens with two attached hydrogens (primary N) is 1. The highest BCUT2D eigenvalue weighted by atomic mass is 16.5. The van der Waals surface area contributed by atoms with Gasteiger partial charge in [0.2, 0.25) is 5.95 Å². The van der Waals surface area contributed by atoms with Crippen LogP contribution >= 0.6 is 0 Å². The summed E-state index contributed by atoms with van der Waals surface area (Å²) in [6, 6.07) is 9.65. The van der Waals surface area contributed by atoms with Crippen molar-refractivity contribution in [3.05, 3.63) is 36.2 Å². The van der Waals surface area contributed by atoms with Gasteiger partial charge in [0, 0.05) is 12.7 Å². The zero-order valence-corrected chi connectivity index (χ0v) is 10.7. The second kappa shape index (κ2) is 4.70. The molecule has 0 fully saturated rings. The van der Waals surface area contributed by atoms with Crippen LogP contribution < -0.4 is 5.73 Å². The van der Waals surface area contributed by atoms with Gasteiger partial charge in [0.25, 0.3) is 0 Å². The number of hydrogen-bond donors (Lipinski definition) is 1. The largest absolute Gasteiger partial charge is 0.371 e. The first-order chi connectivity index (χ1) is 8.53. The van der Waals surface area contributed by atoms with Gasteiger partial charge >= 0.3 is 0 Å². The Kier molecular flexibility index (Phi) is 3.25. The molecule has 0 radical (unpaired) electrons. The van der Waals surface area contributed by atoms with Crippen LogP contribution in [0.2, 0.25) is 0 Å². The van der Waals surface area contributed by atoms with E-state index < -0.39 is 5.60 Å². The fraction of sp³-hybridized carbons (Fsp3) is 0.308. The van der Waals surface area contributed by atoms with Crippen LogP contribution in [-0.2, 0) is 10.3 Å². The SMILES string of the molecule is COC(C)(C)c1nc(N)nc(-c2ccccc2)n1. The molecular formula is C13H16N4O. The molecule has 2 aromatic rings. The minimum Gasteiger partial charge on any atom is -0.371 e. The molecule has 94 valence electrons. The molecule has 0 bridgehead atoms. The number of benzene rings is 1. The monoisotopic (exact) mass is 244 g/mol. The maximum absolute atomic E-state index is 5.73. The average Bonchev–Trinajstić information content (AvgIpc) is 2.39. The topological polar surface area (TPSA) is 73.9 Å². The van der Waals surface area contributed by atoms with Crippen LogP contribution in [0.3, 0.4) is 0 Å². The molecular weight excluding hydrogens is 228 g/mol. The summed E-state index contributed by atoms with van der Waals surface area (Å²) >= 11 is 0. The summed E-state index contributed by atoms with van der Waals surface area (Å²) in [4.78, 5) is 12.7. The van der Waals surface area contributed by atoms with Crippen molar-refractivity contribution >= 4 is 5.95 Å². The molecule has 5 nitrogen and oxygen atoms in total. The van der Waals surface area contributed by atoms with E-state index in [0.29, 0.717) is 11.6 Å². The smallest absolute Gasteiger partial charge is 0.223 e. The predicted molar refractivity (Wildman–Crippen MR) is 69.7 cm³/mol. The normalized spacial score (nSPS) is 11.5. The Morgan fingerprint density at radius 3 is 2.33 bits per heavy atom. The number of ether oxygens (including phenoxy) is 1. The maximum Gasteiger partial charge on any atom is 0.223 e. The summed E-state index contributed by atoms with van der Waals surface area (Å²) in [6.07, 6.45) is 0. The van der Waals surface area contributed by atoms with Gasteiger partial charge in [-0.05, 0) is 13.8 Å². The quantitative estimate of drug-likeness (QED) is 0.893. The minimum absolute atomic E-state index is 0.198. The standard InChI is InChI=1S/C13H16N4O/c1-13(2,18-3)11-15-10(16-12(14)17-11)9-7-5-4-6-8-9/h4-8H,1-3H3,(H2,14,15,16,17). The molecule has 0 aliphatic rings. The lowest BCUT2D eigenvalue weighted by Crippen LogP contribution is -2.24. The third-order valence-electron chi connectivity index (χ3n) is 2.73. The van der Waals surface area contributed by atoms with Crippen molar-refractivity contribution in [2.75, 3.05) is 12.8 Å². The lowest BCUT2D eigenvalue weighted by Gasteiger charge is -2.21. The van der Waals surface area contributed by atoms with Gasteiger partial charge in [-0.1, -0.05) is 30.3 Å². The molecule has 0 amide bonds. The molecule has 18 heavy (non-hydrogen) atoms. The van der Waals surface area contributed by atoms with Gasteiger partial charge in [0.05, 0.1) is 0 Å². The molecule has 2 rings (SSSR count). The molecule has 2 N–H and O–H groups in total. The number of nitrogens with zero attached hydrogens (tertiary/aromatic N) is 3. The lowest BCUT2D eigenvalue weighted by atomic mass is 10.1. The molecule has 0 saturated heterocycles. The average molecular weight is 244 g/mol. The Labute approximate surface area is 106 Å². The van der Waals surface area contributed by atoms with E-state index in [1.54, 1.807) is 7.11 Å². The van der Waals surface area contributed by atoms with Crippen molar-refractivity contribution in [2.24, 2.45) is 0 Å². The van der Waals surface area contributed by atoms with E-state index in [2.05, 4.69) is 15.0 Å². The molecule has 0 aliphatic carbocycles. The lowest BCUT2D eigenvalue weighted by molar-refractivity contribution is 0.0115. The van der Waals surface area contributed by atoms with Crippen LogP contribution in [0.5, 0.6) is 0 Å². The second-order valence-corrected chi connectivity index (χ2v) is 4.42. The van der Waals surface area contributed by atoms with Crippen LogP contribution in [0.4, 0.5) is 5.95 Å². The Morgan fingerprint density at radius 1 is 1.06 bits per heavy atom. The van der Waals surface area contributed by atoms with Gasteiger partial charge in [0.15, 0.2) is 11.6 Å². The van der Waals surface area contributed by atoms with Crippen molar-refractivity contribution in [2.45, 2.75) is 19.4 Å². The number of rotatable bonds is 3. The highest BCUT2D eigenvalue weighted by molar-refractivity contribution is 5.55. The summed E-state index contributed by atoms with van der Waals surface area (Å²) in [7, 11) is 1.61. The summed E-state index contributed by atoms with van der Waals surface area (Å²) in [5.41, 5.74) is 6.04. The van der Waals surface area contributed by atoms with Gasteiger partial charge < -0.3 is 10.5 Å². The highest BCUT2D eigenvalue weighted by Crippen LogP contribution is 2.23. The van der Waals surface area contributed by atoms with Crippen molar-refractivity contribution in [3.63, 3.8) is 0 Å². The Balaban J connectivity index is 2.52. The van der Waals surface area contributed by atoms with Gasteiger partial charge in [-0.15, -0.1) is 0 Å². The summed E-state index contributed by atoms with van der Waals surface area (Å²) < 4.78 is 5.36. The molecule has 0 atom stereocenters. The number of anilines is 1. The van der Waals surface area contributed by atoms with Gasteiger partial charge in [-0.25, -0.2) is 4.98 Å². The highest BCUT2D eigenvalue weighted by Gasteiger charge is 2.24. The number of aromatic nitrogens is 3. The third kappa shape index (κ3) is 2.46. The summed E-state index contributed by atoms with van der Waals surface area (Å²) in [5.74, 6) is 1.28. The molecule has 1 aromatic carbocycles. The van der Waals surface area contributed by atoms with Gasteiger partial charge in [-0.3, -0.25) is 0 Å². The van der Waals surface area contributed by atoms with Crippen molar-refractivity contribution in [1.82, 2.24) is 15.0 Å². The first-order valence-corrected chi connectivity index (χ1v) is 5.65. The van der Waals surface area contributed by atoms with E-state index in [-0.39, 0.29) is 5.95 Å². The Bertz CT molecular complexity index is 540. The Hall–Kier alpha value is -2.01. The molecule has 1 heterocycles. The number of hydrogen-bond acceptors (Lipinski definition) is 5. The van der Waals surface area contributed by atoms with E-state index in [1.807, 2.05) is 44.2 Å². The fourth-order valence-electron chi connectivity index (χ4n) is 1.47. The molecule has 5 heteroatoms. The first kappa shape index (κ1) is 12.4. The van der Waals surface area contributed by atoms with Crippen LogP contribution in [-0.4, -0.2) is 22.1 Å². The van der Waals surface area contributed by atoms with Crippen LogP contribution in [0, 0.1) is 0 Å². The second-order valence-electron chi connectivity index (χ2n) is 4.42. The van der Waals surface area contributed by atoms with Crippen LogP contribution in [0.25, 0.3) is 11.4 Å². The van der Waals surface area contributed by atoms with Crippen molar-refractivity contribution < 1.29 is 4.74 Å². The molecule has 1 aromatic heterocycles. The molecule has 0 unspecified atom stereocenters. The van der Waals surface area contributed by atoms with Crippen LogP contribution in [0.1, 0.15) is 19.7 Å². The predicted octanol–water partition coefficient (Wildman–Crippen LogP) is 2.00. The van der Waals surface area contributed by atoms with E-state index in [0.717, 1.165) is 5.56 Å². The summed E-state index contributed by atoms with van der Waals surface area (Å²) in [6.45, 7) is 3.77. The molecule has 0 saturated carbocycles. The van der Waals surface area contributed by atoms with Crippen molar-refractivity contribution in [3.8, 4) is 11.4 Å². The van der Waals surface area contributed by atoms with Crippen molar-refractivity contribution in [1.29, 1.82) is 0 Å². The fourth-order valence-corrected chi connectivity index (χ4v) is 1.47. The molecule has 0 spiro atoms. The van der Waals surface area contributed by atoms with Crippen LogP contribution in [0.15, 0.2) is 30.3 Å². The Morgan fingerprint density at radius 2 is 1.72 bits per heavy atom. The number of nitrogen functional groups attached to an aromatic ring is 1. The summed E-state index contributed by atoms with van der Waals surface area (Å²) in [5, 5.41) is 0. The van der Waals surface area contributed by atoms with Gasteiger partial charge in [0.1, 0.15) is 5.60 Å². The molecule has 0 aliphatic heterocycles. The van der Waals surface area contributed by atoms with E-state index in [4.69, 9.17) is 10.5 Å². The first-order valence-electron chi connectivity index (χ1n) is 5.65. The van der Waals surface area contributed by atoms with E-state index in [1.165, 1.54) is 0 Å².